The first-order chi connectivity index (χ1) is 14.7. The number of carbonyl (C=O) groups excluding carboxylic acids is 2. The molecule has 0 aromatic heterocycles. The maximum atomic E-state index is 12.3. The van der Waals surface area contributed by atoms with Gasteiger partial charge in [-0.05, 0) is 60.5 Å². The third-order valence-corrected chi connectivity index (χ3v) is 4.47. The molecule has 0 saturated heterocycles. The first-order valence-electron chi connectivity index (χ1n) is 10.0. The predicted molar refractivity (Wildman–Crippen MR) is 117 cm³/mol. The Balaban J connectivity index is 1.49. The Morgan fingerprint density at radius 3 is 2.17 bits per heavy atom. The lowest BCUT2D eigenvalue weighted by Gasteiger charge is -2.08. The molecular weight excluding hydrogens is 378 g/mol. The van der Waals surface area contributed by atoms with E-state index in [1.807, 2.05) is 30.3 Å². The number of hydrogen-bond acceptors (Lipinski definition) is 4. The number of esters is 1. The van der Waals surface area contributed by atoms with Crippen LogP contribution in [-0.4, -0.2) is 18.5 Å². The molecule has 5 nitrogen and oxygen atoms in total. The quantitative estimate of drug-likeness (QED) is 0.380. The second kappa shape index (κ2) is 10.8. The minimum Gasteiger partial charge on any atom is -0.494 e. The van der Waals surface area contributed by atoms with E-state index in [0.717, 1.165) is 29.8 Å². The molecule has 1 N–H and O–H groups in total. The molecule has 3 rings (SSSR count). The number of anilines is 1. The van der Waals surface area contributed by atoms with Crippen molar-refractivity contribution in [3.05, 3.63) is 95.6 Å². The molecule has 5 heteroatoms. The normalized spacial score (nSPS) is 10.3. The summed E-state index contributed by atoms with van der Waals surface area (Å²) in [5, 5.41) is 2.84. The number of hydrogen-bond donors (Lipinski definition) is 1. The van der Waals surface area contributed by atoms with Crippen molar-refractivity contribution < 1.29 is 19.1 Å². The Bertz CT molecular complexity index is 951. The Kier molecular flexibility index (Phi) is 7.61. The second-order valence-electron chi connectivity index (χ2n) is 6.82. The Morgan fingerprint density at radius 2 is 1.50 bits per heavy atom. The maximum absolute atomic E-state index is 12.3. The molecule has 1 amide bonds. The van der Waals surface area contributed by atoms with Crippen LogP contribution in [0.3, 0.4) is 0 Å². The third-order valence-electron chi connectivity index (χ3n) is 4.47. The lowest BCUT2D eigenvalue weighted by atomic mass is 10.1. The van der Waals surface area contributed by atoms with Crippen LogP contribution in [0.5, 0.6) is 5.75 Å². The van der Waals surface area contributed by atoms with Gasteiger partial charge in [0.05, 0.1) is 12.2 Å². The summed E-state index contributed by atoms with van der Waals surface area (Å²) in [5.41, 5.74) is 2.55. The van der Waals surface area contributed by atoms with Gasteiger partial charge < -0.3 is 14.8 Å². The van der Waals surface area contributed by atoms with E-state index in [4.69, 9.17) is 9.47 Å². The fourth-order valence-corrected chi connectivity index (χ4v) is 2.73. The molecular formula is C25H25NO4. The van der Waals surface area contributed by atoms with Gasteiger partial charge in [0.1, 0.15) is 12.4 Å². The zero-order valence-corrected chi connectivity index (χ0v) is 17.0. The third kappa shape index (κ3) is 6.21. The fourth-order valence-electron chi connectivity index (χ4n) is 2.73. The van der Waals surface area contributed by atoms with E-state index in [0.29, 0.717) is 17.7 Å². The van der Waals surface area contributed by atoms with Crippen LogP contribution in [0.2, 0.25) is 0 Å². The van der Waals surface area contributed by atoms with E-state index in [-0.39, 0.29) is 12.5 Å². The largest absolute Gasteiger partial charge is 0.494 e. The van der Waals surface area contributed by atoms with Gasteiger partial charge in [-0.15, -0.1) is 0 Å². The summed E-state index contributed by atoms with van der Waals surface area (Å²) in [6.45, 7) is 2.91. The highest BCUT2D eigenvalue weighted by Crippen LogP contribution is 2.15. The number of carbonyl (C=O) groups is 2. The van der Waals surface area contributed by atoms with Crippen LogP contribution in [0.1, 0.15) is 46.0 Å². The Hall–Kier alpha value is -3.60. The molecule has 0 spiro atoms. The number of rotatable bonds is 9. The van der Waals surface area contributed by atoms with Crippen molar-refractivity contribution in [2.24, 2.45) is 0 Å². The van der Waals surface area contributed by atoms with E-state index in [1.54, 1.807) is 48.5 Å². The van der Waals surface area contributed by atoms with Gasteiger partial charge in [0.2, 0.25) is 0 Å². The highest BCUT2D eigenvalue weighted by molar-refractivity contribution is 6.04. The van der Waals surface area contributed by atoms with E-state index >= 15 is 0 Å². The number of amides is 1. The van der Waals surface area contributed by atoms with Gasteiger partial charge in [-0.25, -0.2) is 4.79 Å². The predicted octanol–water partition coefficient (Wildman–Crippen LogP) is 5.47. The number of ether oxygens (including phenoxy) is 2. The van der Waals surface area contributed by atoms with Gasteiger partial charge in [-0.3, -0.25) is 4.79 Å². The van der Waals surface area contributed by atoms with Crippen LogP contribution >= 0.6 is 0 Å². The summed E-state index contributed by atoms with van der Waals surface area (Å²) < 4.78 is 11.0. The Morgan fingerprint density at radius 1 is 0.833 bits per heavy atom. The van der Waals surface area contributed by atoms with E-state index < -0.39 is 5.97 Å². The SMILES string of the molecule is CCCCOc1ccc(C(=O)OCc2ccc(C(=O)Nc3ccccc3)cc2)cc1. The van der Waals surface area contributed by atoms with Crippen molar-refractivity contribution in [2.75, 3.05) is 11.9 Å². The minimum absolute atomic E-state index is 0.133. The fraction of sp³-hybridized carbons (Fsp3) is 0.200. The summed E-state index contributed by atoms with van der Waals surface area (Å²) in [7, 11) is 0. The summed E-state index contributed by atoms with van der Waals surface area (Å²) >= 11 is 0. The minimum atomic E-state index is -0.402. The first-order valence-corrected chi connectivity index (χ1v) is 10.0. The van der Waals surface area contributed by atoms with Gasteiger partial charge in [0, 0.05) is 11.3 Å². The molecule has 0 fully saturated rings. The van der Waals surface area contributed by atoms with Gasteiger partial charge in [0.25, 0.3) is 5.91 Å². The Labute approximate surface area is 176 Å². The molecule has 0 aliphatic rings. The van der Waals surface area contributed by atoms with Crippen molar-refractivity contribution in [3.63, 3.8) is 0 Å². The molecule has 0 heterocycles. The number of unbranched alkanes of at least 4 members (excludes halogenated alkanes) is 1. The molecule has 0 radical (unpaired) electrons. The monoisotopic (exact) mass is 403 g/mol. The van der Waals surface area contributed by atoms with Gasteiger partial charge >= 0.3 is 5.97 Å². The number of para-hydroxylation sites is 1. The summed E-state index contributed by atoms with van der Waals surface area (Å²) in [6, 6.07) is 23.2. The van der Waals surface area contributed by atoms with Crippen LogP contribution in [-0.2, 0) is 11.3 Å². The van der Waals surface area contributed by atoms with Crippen LogP contribution in [0.25, 0.3) is 0 Å². The lowest BCUT2D eigenvalue weighted by molar-refractivity contribution is 0.0472. The van der Waals surface area contributed by atoms with Crippen molar-refractivity contribution in [2.45, 2.75) is 26.4 Å². The average Bonchev–Trinajstić information content (AvgIpc) is 2.79. The van der Waals surface area contributed by atoms with E-state index in [9.17, 15) is 9.59 Å². The molecule has 0 atom stereocenters. The summed E-state index contributed by atoms with van der Waals surface area (Å²) in [4.78, 5) is 24.5. The molecule has 30 heavy (non-hydrogen) atoms. The zero-order chi connectivity index (χ0) is 21.2. The van der Waals surface area contributed by atoms with Crippen molar-refractivity contribution in [3.8, 4) is 5.75 Å². The molecule has 0 aliphatic heterocycles. The number of benzene rings is 3. The topological polar surface area (TPSA) is 64.6 Å². The van der Waals surface area contributed by atoms with Crippen molar-refractivity contribution in [1.82, 2.24) is 0 Å². The summed E-state index contributed by atoms with van der Waals surface area (Å²) in [6.07, 6.45) is 2.07. The number of nitrogens with one attached hydrogen (secondary N) is 1. The zero-order valence-electron chi connectivity index (χ0n) is 17.0. The molecule has 0 unspecified atom stereocenters. The molecule has 3 aromatic carbocycles. The highest BCUT2D eigenvalue weighted by Gasteiger charge is 2.09. The highest BCUT2D eigenvalue weighted by atomic mass is 16.5. The smallest absolute Gasteiger partial charge is 0.338 e. The maximum Gasteiger partial charge on any atom is 0.338 e. The van der Waals surface area contributed by atoms with Crippen LogP contribution in [0.15, 0.2) is 78.9 Å². The first kappa shape index (κ1) is 21.1. The van der Waals surface area contributed by atoms with Crippen LogP contribution in [0.4, 0.5) is 5.69 Å². The van der Waals surface area contributed by atoms with Gasteiger partial charge in [-0.2, -0.15) is 0 Å². The lowest BCUT2D eigenvalue weighted by Crippen LogP contribution is -2.11. The van der Waals surface area contributed by atoms with E-state index in [2.05, 4.69) is 12.2 Å². The molecule has 154 valence electrons. The van der Waals surface area contributed by atoms with Crippen LogP contribution < -0.4 is 10.1 Å². The molecule has 3 aromatic rings. The van der Waals surface area contributed by atoms with Crippen LogP contribution in [0, 0.1) is 0 Å². The molecule has 0 saturated carbocycles. The van der Waals surface area contributed by atoms with Gasteiger partial charge in [0.15, 0.2) is 0 Å². The standard InChI is InChI=1S/C25H25NO4/c1-2-3-17-29-23-15-13-21(14-16-23)25(28)30-18-19-9-11-20(12-10-19)24(27)26-22-7-5-4-6-8-22/h4-16H,2-3,17-18H2,1H3,(H,26,27). The molecule has 0 aliphatic carbocycles. The summed E-state index contributed by atoms with van der Waals surface area (Å²) in [5.74, 6) is 0.149. The molecule has 0 bridgehead atoms. The van der Waals surface area contributed by atoms with E-state index in [1.165, 1.54) is 0 Å². The second-order valence-corrected chi connectivity index (χ2v) is 6.82. The van der Waals surface area contributed by atoms with Gasteiger partial charge in [-0.1, -0.05) is 43.7 Å². The average molecular weight is 403 g/mol. The van der Waals surface area contributed by atoms with Crippen molar-refractivity contribution in [1.29, 1.82) is 0 Å². The van der Waals surface area contributed by atoms with Crippen molar-refractivity contribution >= 4 is 17.6 Å².